The number of hydrogen-bond donors (Lipinski definition) is 1. The lowest BCUT2D eigenvalue weighted by Gasteiger charge is -2.02. The number of hydrogen-bond acceptors (Lipinski definition) is 5. The minimum absolute atomic E-state index is 0.123. The molecule has 1 amide bonds. The lowest BCUT2D eigenvalue weighted by atomic mass is 10.1. The molecule has 4 rings (SSSR count). The molecule has 0 fully saturated rings. The highest BCUT2D eigenvalue weighted by Crippen LogP contribution is 2.34. The Bertz CT molecular complexity index is 1380. The van der Waals surface area contributed by atoms with Crippen molar-refractivity contribution in [2.75, 3.05) is 5.32 Å². The van der Waals surface area contributed by atoms with Crippen molar-refractivity contribution in [1.82, 2.24) is 4.98 Å². The zero-order chi connectivity index (χ0) is 23.4. The first-order valence-corrected chi connectivity index (χ1v) is 11.5. The Hall–Kier alpha value is -3.08. The van der Waals surface area contributed by atoms with Crippen LogP contribution < -0.4 is 5.32 Å². The number of furan rings is 1. The Morgan fingerprint density at radius 3 is 2.67 bits per heavy atom. The van der Waals surface area contributed by atoms with Gasteiger partial charge in [0.25, 0.3) is 5.91 Å². The van der Waals surface area contributed by atoms with E-state index in [1.807, 2.05) is 30.3 Å². The smallest absolute Gasteiger partial charge is 0.268 e. The Labute approximate surface area is 208 Å². The van der Waals surface area contributed by atoms with Crippen molar-refractivity contribution in [3.05, 3.63) is 97.6 Å². The van der Waals surface area contributed by atoms with Crippen molar-refractivity contribution in [3.63, 3.8) is 0 Å². The Morgan fingerprint density at radius 2 is 1.91 bits per heavy atom. The number of amides is 1. The number of halogens is 3. The van der Waals surface area contributed by atoms with Gasteiger partial charge in [-0.2, -0.15) is 5.26 Å². The van der Waals surface area contributed by atoms with E-state index in [1.165, 1.54) is 17.4 Å². The summed E-state index contributed by atoms with van der Waals surface area (Å²) in [6.07, 6.45) is 3.71. The van der Waals surface area contributed by atoms with E-state index in [1.54, 1.807) is 36.5 Å². The van der Waals surface area contributed by atoms with Crippen molar-refractivity contribution >= 4 is 63.3 Å². The molecule has 0 saturated carbocycles. The second-order valence-corrected chi connectivity index (χ2v) is 9.20. The van der Waals surface area contributed by atoms with Gasteiger partial charge in [0.1, 0.15) is 23.2 Å². The molecule has 0 unspecified atom stereocenters. The molecule has 0 atom stereocenters. The summed E-state index contributed by atoms with van der Waals surface area (Å²) >= 11 is 19.5. The number of aromatic nitrogens is 1. The average molecular weight is 515 g/mol. The highest BCUT2D eigenvalue weighted by Gasteiger charge is 2.15. The zero-order valence-electron chi connectivity index (χ0n) is 16.8. The molecule has 0 bridgehead atoms. The largest absolute Gasteiger partial charge is 0.457 e. The van der Waals surface area contributed by atoms with Crippen LogP contribution in [0.1, 0.15) is 16.2 Å². The van der Waals surface area contributed by atoms with E-state index in [9.17, 15) is 10.1 Å². The quantitative estimate of drug-likeness (QED) is 0.213. The van der Waals surface area contributed by atoms with Crippen LogP contribution in [0.25, 0.3) is 17.4 Å². The first-order valence-electron chi connectivity index (χ1n) is 9.59. The van der Waals surface area contributed by atoms with Gasteiger partial charge in [0.2, 0.25) is 0 Å². The topological polar surface area (TPSA) is 78.9 Å². The highest BCUT2D eigenvalue weighted by atomic mass is 35.5. The van der Waals surface area contributed by atoms with Crippen LogP contribution in [-0.2, 0) is 11.2 Å². The second-order valence-electron chi connectivity index (χ2n) is 6.86. The van der Waals surface area contributed by atoms with Crippen molar-refractivity contribution in [2.45, 2.75) is 6.42 Å². The molecule has 164 valence electrons. The van der Waals surface area contributed by atoms with Gasteiger partial charge in [-0.05, 0) is 42.0 Å². The number of benzene rings is 2. The van der Waals surface area contributed by atoms with Gasteiger partial charge in [-0.25, -0.2) is 4.98 Å². The molecule has 5 nitrogen and oxygen atoms in total. The summed E-state index contributed by atoms with van der Waals surface area (Å²) in [5.74, 6) is 0.220. The Kier molecular flexibility index (Phi) is 7.17. The molecule has 0 aliphatic carbocycles. The fraction of sp³-hybridized carbons (Fsp3) is 0.0417. The van der Waals surface area contributed by atoms with Gasteiger partial charge in [-0.3, -0.25) is 10.1 Å². The minimum Gasteiger partial charge on any atom is -0.457 e. The van der Waals surface area contributed by atoms with Gasteiger partial charge in [0.15, 0.2) is 5.13 Å². The number of anilines is 1. The Morgan fingerprint density at radius 1 is 1.12 bits per heavy atom. The van der Waals surface area contributed by atoms with Crippen LogP contribution in [0.15, 0.2) is 70.8 Å². The van der Waals surface area contributed by atoms with E-state index < -0.39 is 5.91 Å². The number of nitrogens with zero attached hydrogens (tertiary/aromatic N) is 2. The van der Waals surface area contributed by atoms with Crippen molar-refractivity contribution in [1.29, 1.82) is 5.26 Å². The first-order chi connectivity index (χ1) is 15.9. The lowest BCUT2D eigenvalue weighted by Crippen LogP contribution is -2.13. The summed E-state index contributed by atoms with van der Waals surface area (Å²) in [5.41, 5.74) is 1.57. The molecule has 0 saturated heterocycles. The van der Waals surface area contributed by atoms with E-state index in [0.29, 0.717) is 43.7 Å². The standard InChI is InChI=1S/C24H14Cl3N3O2S/c25-16-6-4-14(5-7-16)10-18-13-29-24(33-18)30-23(31)15(12-28)11-17-8-9-21(32-17)19-2-1-3-20(26)22(19)27/h1-9,11,13H,10H2,(H,29,30,31). The fourth-order valence-electron chi connectivity index (χ4n) is 2.98. The number of nitriles is 1. The third-order valence-electron chi connectivity index (χ3n) is 4.56. The van der Waals surface area contributed by atoms with E-state index >= 15 is 0 Å². The molecule has 33 heavy (non-hydrogen) atoms. The maximum absolute atomic E-state index is 12.6. The summed E-state index contributed by atoms with van der Waals surface area (Å²) in [4.78, 5) is 17.8. The molecule has 4 aromatic rings. The SMILES string of the molecule is N#CC(=Cc1ccc(-c2cccc(Cl)c2Cl)o1)C(=O)Nc1ncc(Cc2ccc(Cl)cc2)s1. The molecule has 0 aliphatic rings. The van der Waals surface area contributed by atoms with Gasteiger partial charge in [-0.15, -0.1) is 11.3 Å². The van der Waals surface area contributed by atoms with Gasteiger partial charge in [0, 0.05) is 34.2 Å². The van der Waals surface area contributed by atoms with Crippen LogP contribution in [0.4, 0.5) is 5.13 Å². The van der Waals surface area contributed by atoms with Crippen LogP contribution in [-0.4, -0.2) is 10.9 Å². The van der Waals surface area contributed by atoms with Crippen LogP contribution in [0, 0.1) is 11.3 Å². The predicted molar refractivity (Wildman–Crippen MR) is 133 cm³/mol. The van der Waals surface area contributed by atoms with Crippen molar-refractivity contribution in [2.24, 2.45) is 0 Å². The van der Waals surface area contributed by atoms with Gasteiger partial charge >= 0.3 is 0 Å². The summed E-state index contributed by atoms with van der Waals surface area (Å²) in [7, 11) is 0. The molecule has 0 radical (unpaired) electrons. The monoisotopic (exact) mass is 513 g/mol. The molecule has 2 aromatic carbocycles. The summed E-state index contributed by atoms with van der Waals surface area (Å²) in [6, 6.07) is 18.0. The zero-order valence-corrected chi connectivity index (χ0v) is 19.9. The molecule has 1 N–H and O–H groups in total. The molecule has 2 heterocycles. The van der Waals surface area contributed by atoms with Crippen LogP contribution >= 0.6 is 46.1 Å². The van der Waals surface area contributed by atoms with E-state index in [4.69, 9.17) is 39.2 Å². The highest BCUT2D eigenvalue weighted by molar-refractivity contribution is 7.15. The minimum atomic E-state index is -0.580. The van der Waals surface area contributed by atoms with Gasteiger partial charge in [-0.1, -0.05) is 53.0 Å². The fourth-order valence-corrected chi connectivity index (χ4v) is 4.34. The van der Waals surface area contributed by atoms with E-state index in [-0.39, 0.29) is 5.57 Å². The van der Waals surface area contributed by atoms with Crippen molar-refractivity contribution < 1.29 is 9.21 Å². The molecule has 0 spiro atoms. The average Bonchev–Trinajstić information content (AvgIpc) is 3.45. The van der Waals surface area contributed by atoms with Crippen molar-refractivity contribution in [3.8, 4) is 17.4 Å². The number of nitrogens with one attached hydrogen (secondary N) is 1. The third kappa shape index (κ3) is 5.65. The van der Waals surface area contributed by atoms with Crippen LogP contribution in [0.5, 0.6) is 0 Å². The molecular formula is C24H14Cl3N3O2S. The van der Waals surface area contributed by atoms with Crippen LogP contribution in [0.3, 0.4) is 0 Å². The number of rotatable bonds is 6. The molecular weight excluding hydrogens is 501 g/mol. The summed E-state index contributed by atoms with van der Waals surface area (Å²) in [5, 5.41) is 14.0. The van der Waals surface area contributed by atoms with Gasteiger partial charge < -0.3 is 4.42 Å². The van der Waals surface area contributed by atoms with E-state index in [0.717, 1.165) is 10.4 Å². The summed E-state index contributed by atoms with van der Waals surface area (Å²) < 4.78 is 5.74. The molecule has 2 aromatic heterocycles. The molecule has 0 aliphatic heterocycles. The number of carbonyl (C=O) groups is 1. The second kappa shape index (κ2) is 10.2. The number of thiazole rings is 1. The molecule has 9 heteroatoms. The predicted octanol–water partition coefficient (Wildman–Crippen LogP) is 7.50. The van der Waals surface area contributed by atoms with E-state index in [2.05, 4.69) is 10.3 Å². The summed E-state index contributed by atoms with van der Waals surface area (Å²) in [6.45, 7) is 0. The van der Waals surface area contributed by atoms with Gasteiger partial charge in [0.05, 0.1) is 10.0 Å². The first kappa shape index (κ1) is 23.1. The maximum atomic E-state index is 12.6. The third-order valence-corrected chi connectivity index (χ3v) is 6.54. The normalized spacial score (nSPS) is 11.3. The lowest BCUT2D eigenvalue weighted by molar-refractivity contribution is -0.112. The Balaban J connectivity index is 1.46. The van der Waals surface area contributed by atoms with Crippen LogP contribution in [0.2, 0.25) is 15.1 Å². The number of carbonyl (C=O) groups excluding carboxylic acids is 1. The maximum Gasteiger partial charge on any atom is 0.268 e.